The van der Waals surface area contributed by atoms with Gasteiger partial charge >= 0.3 is 5.97 Å². The minimum absolute atomic E-state index is 0.256. The van der Waals surface area contributed by atoms with Crippen molar-refractivity contribution in [2.75, 3.05) is 7.05 Å². The molecule has 4 nitrogen and oxygen atoms in total. The largest absolute Gasteiger partial charge is 0.459 e. The molecular weight excluding hydrogens is 303 g/mol. The Morgan fingerprint density at radius 2 is 2.05 bits per heavy atom. The minimum atomic E-state index is -0.656. The van der Waals surface area contributed by atoms with E-state index in [1.807, 2.05) is 0 Å². The van der Waals surface area contributed by atoms with Crippen molar-refractivity contribution in [2.45, 2.75) is 32.9 Å². The molecule has 6 heteroatoms. The number of allylic oxidation sites excluding steroid dienone is 1. The van der Waals surface area contributed by atoms with Crippen molar-refractivity contribution in [2.24, 2.45) is 0 Å². The monoisotopic (exact) mass is 322 g/mol. The van der Waals surface area contributed by atoms with Gasteiger partial charge in [0.2, 0.25) is 0 Å². The smallest absolute Gasteiger partial charge is 0.338 e. The van der Waals surface area contributed by atoms with E-state index in [2.05, 4.69) is 5.32 Å². The lowest BCUT2D eigenvalue weighted by Gasteiger charge is -2.35. The van der Waals surface area contributed by atoms with Crippen LogP contribution >= 0.6 is 12.2 Å². The van der Waals surface area contributed by atoms with Gasteiger partial charge in [0.1, 0.15) is 5.82 Å². The summed E-state index contributed by atoms with van der Waals surface area (Å²) in [5, 5.41) is 3.45. The third kappa shape index (κ3) is 3.11. The molecule has 22 heavy (non-hydrogen) atoms. The molecule has 0 fully saturated rings. The molecule has 1 unspecified atom stereocenters. The number of thiocarbonyl (C=S) groups is 1. The van der Waals surface area contributed by atoms with Crippen molar-refractivity contribution in [3.05, 3.63) is 46.9 Å². The van der Waals surface area contributed by atoms with Gasteiger partial charge in [-0.25, -0.2) is 9.18 Å². The Morgan fingerprint density at radius 3 is 2.64 bits per heavy atom. The highest BCUT2D eigenvalue weighted by molar-refractivity contribution is 7.80. The van der Waals surface area contributed by atoms with Crippen LogP contribution in [0.5, 0.6) is 0 Å². The Labute approximate surface area is 134 Å². The number of nitrogens with zero attached hydrogens (tertiary/aromatic N) is 1. The number of halogens is 1. The molecule has 1 aromatic rings. The molecule has 0 saturated heterocycles. The number of hydrogen-bond acceptors (Lipinski definition) is 3. The van der Waals surface area contributed by atoms with Crippen LogP contribution in [0.3, 0.4) is 0 Å². The van der Waals surface area contributed by atoms with Crippen LogP contribution in [0.4, 0.5) is 4.39 Å². The molecular formula is C16H19FN2O2S. The molecule has 1 aliphatic rings. The molecule has 1 heterocycles. The summed E-state index contributed by atoms with van der Waals surface area (Å²) in [6.07, 6.45) is -0.256. The van der Waals surface area contributed by atoms with Crippen LogP contribution in [-0.2, 0) is 9.53 Å². The maximum absolute atomic E-state index is 14.2. The van der Waals surface area contributed by atoms with Gasteiger partial charge in [-0.05, 0) is 39.1 Å². The molecule has 118 valence electrons. The standard InChI is InChI=1S/C16H19FN2O2S/c1-9(2)21-15(20)13-10(3)19(4)16(22)18-14(13)11-7-5-6-8-12(11)17/h5-9,14H,1-4H3,(H,18,22). The second-order valence-corrected chi connectivity index (χ2v) is 5.80. The highest BCUT2D eigenvalue weighted by Gasteiger charge is 2.34. The van der Waals surface area contributed by atoms with E-state index in [0.717, 1.165) is 0 Å². The highest BCUT2D eigenvalue weighted by atomic mass is 32.1. The summed E-state index contributed by atoms with van der Waals surface area (Å²) >= 11 is 5.26. The number of carbonyl (C=O) groups excluding carboxylic acids is 1. The molecule has 0 aromatic heterocycles. The van der Waals surface area contributed by atoms with Crippen LogP contribution in [0.2, 0.25) is 0 Å². The zero-order valence-corrected chi connectivity index (χ0v) is 13.8. The van der Waals surface area contributed by atoms with E-state index >= 15 is 0 Å². The molecule has 1 atom stereocenters. The summed E-state index contributed by atoms with van der Waals surface area (Å²) in [4.78, 5) is 14.1. The van der Waals surface area contributed by atoms with Crippen molar-refractivity contribution in [3.8, 4) is 0 Å². The number of carbonyl (C=O) groups is 1. The van der Waals surface area contributed by atoms with Gasteiger partial charge < -0.3 is 15.0 Å². The van der Waals surface area contributed by atoms with E-state index < -0.39 is 17.8 Å². The summed E-state index contributed by atoms with van der Waals surface area (Å²) in [5.41, 5.74) is 1.39. The summed E-state index contributed by atoms with van der Waals surface area (Å²) in [7, 11) is 1.75. The lowest BCUT2D eigenvalue weighted by molar-refractivity contribution is -0.143. The zero-order chi connectivity index (χ0) is 16.4. The Hall–Kier alpha value is -1.95. The molecule has 0 spiro atoms. The maximum atomic E-state index is 14.2. The second kappa shape index (κ2) is 6.44. The maximum Gasteiger partial charge on any atom is 0.338 e. The van der Waals surface area contributed by atoms with E-state index in [9.17, 15) is 9.18 Å². The van der Waals surface area contributed by atoms with Gasteiger partial charge in [0.25, 0.3) is 0 Å². The number of benzene rings is 1. The molecule has 0 aliphatic carbocycles. The summed E-state index contributed by atoms with van der Waals surface area (Å²) in [6, 6.07) is 5.67. The quantitative estimate of drug-likeness (QED) is 0.684. The summed E-state index contributed by atoms with van der Waals surface area (Å²) in [6.45, 7) is 5.32. The predicted molar refractivity (Wildman–Crippen MR) is 86.6 cm³/mol. The topological polar surface area (TPSA) is 41.6 Å². The number of nitrogens with one attached hydrogen (secondary N) is 1. The SMILES string of the molecule is CC1=C(C(=O)OC(C)C)C(c2ccccc2F)NC(=S)N1C. The Bertz CT molecular complexity index is 643. The molecule has 1 aromatic carbocycles. The van der Waals surface area contributed by atoms with E-state index in [4.69, 9.17) is 17.0 Å². The van der Waals surface area contributed by atoms with Crippen LogP contribution < -0.4 is 5.32 Å². The average molecular weight is 322 g/mol. The first-order chi connectivity index (χ1) is 10.3. The molecule has 1 N–H and O–H groups in total. The van der Waals surface area contributed by atoms with Crippen molar-refractivity contribution in [1.82, 2.24) is 10.2 Å². The first-order valence-electron chi connectivity index (χ1n) is 7.03. The molecule has 2 rings (SSSR count). The minimum Gasteiger partial charge on any atom is -0.459 e. The number of rotatable bonds is 3. The fourth-order valence-corrected chi connectivity index (χ4v) is 2.57. The molecule has 0 amide bonds. The first kappa shape index (κ1) is 16.4. The highest BCUT2D eigenvalue weighted by Crippen LogP contribution is 2.32. The van der Waals surface area contributed by atoms with Gasteiger partial charge in [0.05, 0.1) is 17.7 Å². The zero-order valence-electron chi connectivity index (χ0n) is 13.0. The van der Waals surface area contributed by atoms with E-state index in [0.29, 0.717) is 21.9 Å². The van der Waals surface area contributed by atoms with Gasteiger partial charge in [0.15, 0.2) is 5.11 Å². The molecule has 1 aliphatic heterocycles. The third-order valence-electron chi connectivity index (χ3n) is 3.53. The summed E-state index contributed by atoms with van der Waals surface area (Å²) in [5.74, 6) is -0.863. The second-order valence-electron chi connectivity index (χ2n) is 5.42. The summed E-state index contributed by atoms with van der Waals surface area (Å²) < 4.78 is 19.5. The van der Waals surface area contributed by atoms with Crippen LogP contribution in [0, 0.1) is 5.82 Å². The lowest BCUT2D eigenvalue weighted by atomic mass is 9.95. The first-order valence-corrected chi connectivity index (χ1v) is 7.44. The van der Waals surface area contributed by atoms with Crippen LogP contribution in [0.1, 0.15) is 32.4 Å². The van der Waals surface area contributed by atoms with Crippen LogP contribution in [-0.4, -0.2) is 29.1 Å². The van der Waals surface area contributed by atoms with Crippen LogP contribution in [0.15, 0.2) is 35.5 Å². The predicted octanol–water partition coefficient (Wildman–Crippen LogP) is 2.91. The average Bonchev–Trinajstić information content (AvgIpc) is 2.44. The number of ether oxygens (including phenoxy) is 1. The van der Waals surface area contributed by atoms with Gasteiger partial charge in [-0.15, -0.1) is 0 Å². The fraction of sp³-hybridized carbons (Fsp3) is 0.375. The van der Waals surface area contributed by atoms with E-state index in [1.54, 1.807) is 50.9 Å². The number of esters is 1. The van der Waals surface area contributed by atoms with Gasteiger partial charge in [-0.3, -0.25) is 0 Å². The van der Waals surface area contributed by atoms with E-state index in [1.165, 1.54) is 6.07 Å². The van der Waals surface area contributed by atoms with Crippen molar-refractivity contribution in [1.29, 1.82) is 0 Å². The fourth-order valence-electron chi connectivity index (χ4n) is 2.32. The van der Waals surface area contributed by atoms with Gasteiger partial charge in [-0.2, -0.15) is 0 Å². The van der Waals surface area contributed by atoms with E-state index in [-0.39, 0.29) is 6.10 Å². The third-order valence-corrected chi connectivity index (χ3v) is 3.92. The Morgan fingerprint density at radius 1 is 1.41 bits per heavy atom. The van der Waals surface area contributed by atoms with Crippen molar-refractivity contribution >= 4 is 23.3 Å². The molecule has 0 bridgehead atoms. The van der Waals surface area contributed by atoms with Crippen molar-refractivity contribution in [3.63, 3.8) is 0 Å². The van der Waals surface area contributed by atoms with Gasteiger partial charge in [-0.1, -0.05) is 18.2 Å². The lowest BCUT2D eigenvalue weighted by Crippen LogP contribution is -2.46. The van der Waals surface area contributed by atoms with Gasteiger partial charge in [0, 0.05) is 18.3 Å². The molecule has 0 radical (unpaired) electrons. The van der Waals surface area contributed by atoms with Crippen LogP contribution in [0.25, 0.3) is 0 Å². The number of hydrogen-bond donors (Lipinski definition) is 1. The normalized spacial score (nSPS) is 18.5. The Balaban J connectivity index is 2.53. The van der Waals surface area contributed by atoms with Crippen molar-refractivity contribution < 1.29 is 13.9 Å². The Kier molecular flexibility index (Phi) is 4.81. The molecule has 0 saturated carbocycles.